The van der Waals surface area contributed by atoms with Crippen molar-refractivity contribution in [1.82, 2.24) is 9.88 Å². The predicted octanol–water partition coefficient (Wildman–Crippen LogP) is 1.59. The van der Waals surface area contributed by atoms with E-state index in [-0.39, 0.29) is 5.92 Å². The fourth-order valence-corrected chi connectivity index (χ4v) is 2.65. The summed E-state index contributed by atoms with van der Waals surface area (Å²) in [4.78, 5) is 17.7. The van der Waals surface area contributed by atoms with Gasteiger partial charge in [0.2, 0.25) is 0 Å². The first-order valence-corrected chi connectivity index (χ1v) is 5.99. The number of hydrogen-bond donors (Lipinski definition) is 1. The van der Waals surface area contributed by atoms with Crippen molar-refractivity contribution < 1.29 is 9.90 Å². The lowest BCUT2D eigenvalue weighted by Crippen LogP contribution is -2.37. The van der Waals surface area contributed by atoms with Gasteiger partial charge in [-0.3, -0.25) is 9.78 Å². The van der Waals surface area contributed by atoms with Gasteiger partial charge in [0.05, 0.1) is 5.92 Å². The van der Waals surface area contributed by atoms with Gasteiger partial charge in [-0.25, -0.2) is 0 Å². The molecule has 0 radical (unpaired) electrons. The van der Waals surface area contributed by atoms with Crippen LogP contribution in [0.25, 0.3) is 0 Å². The van der Waals surface area contributed by atoms with E-state index in [9.17, 15) is 9.90 Å². The average molecular weight is 234 g/mol. The lowest BCUT2D eigenvalue weighted by Gasteiger charge is -2.33. The Morgan fingerprint density at radius 2 is 2.47 bits per heavy atom. The van der Waals surface area contributed by atoms with Crippen LogP contribution in [0.5, 0.6) is 0 Å². The molecule has 1 aromatic heterocycles. The zero-order chi connectivity index (χ0) is 12.3. The van der Waals surface area contributed by atoms with Crippen LogP contribution in [0.1, 0.15) is 24.3 Å². The molecule has 17 heavy (non-hydrogen) atoms. The summed E-state index contributed by atoms with van der Waals surface area (Å²) < 4.78 is 0. The SMILES string of the molecule is CN1CCCC(C(C(=O)O)c2cccnc2)C1. The van der Waals surface area contributed by atoms with E-state index in [1.54, 1.807) is 18.5 Å². The highest BCUT2D eigenvalue weighted by molar-refractivity contribution is 5.76. The molecule has 2 heterocycles. The number of carbonyl (C=O) groups is 1. The van der Waals surface area contributed by atoms with Gasteiger partial charge in [-0.2, -0.15) is 0 Å². The van der Waals surface area contributed by atoms with E-state index in [1.165, 1.54) is 0 Å². The number of carboxylic acid groups (broad SMARTS) is 1. The zero-order valence-electron chi connectivity index (χ0n) is 10.0. The quantitative estimate of drug-likeness (QED) is 0.863. The number of carboxylic acids is 1. The first kappa shape index (κ1) is 12.0. The maximum Gasteiger partial charge on any atom is 0.311 e. The molecular weight excluding hydrogens is 216 g/mol. The van der Waals surface area contributed by atoms with E-state index in [1.807, 2.05) is 13.1 Å². The third-order valence-electron chi connectivity index (χ3n) is 3.44. The molecule has 1 aliphatic heterocycles. The van der Waals surface area contributed by atoms with E-state index in [0.29, 0.717) is 0 Å². The Balaban J connectivity index is 2.20. The molecule has 0 spiro atoms. The monoisotopic (exact) mass is 234 g/mol. The lowest BCUT2D eigenvalue weighted by atomic mass is 9.82. The Kier molecular flexibility index (Phi) is 3.74. The van der Waals surface area contributed by atoms with Gasteiger partial charge in [0.25, 0.3) is 0 Å². The van der Waals surface area contributed by atoms with E-state index in [0.717, 1.165) is 31.5 Å². The largest absolute Gasteiger partial charge is 0.481 e. The Bertz CT molecular complexity index is 380. The van der Waals surface area contributed by atoms with Crippen LogP contribution in [0.15, 0.2) is 24.5 Å². The van der Waals surface area contributed by atoms with Crippen molar-refractivity contribution in [2.45, 2.75) is 18.8 Å². The van der Waals surface area contributed by atoms with Gasteiger partial charge in [-0.15, -0.1) is 0 Å². The van der Waals surface area contributed by atoms with Crippen molar-refractivity contribution >= 4 is 5.97 Å². The highest BCUT2D eigenvalue weighted by Crippen LogP contribution is 2.31. The summed E-state index contributed by atoms with van der Waals surface area (Å²) in [6.45, 7) is 1.92. The minimum Gasteiger partial charge on any atom is -0.481 e. The molecule has 2 unspecified atom stereocenters. The van der Waals surface area contributed by atoms with Crippen molar-refractivity contribution in [1.29, 1.82) is 0 Å². The number of hydrogen-bond acceptors (Lipinski definition) is 3. The predicted molar refractivity (Wildman–Crippen MR) is 64.8 cm³/mol. The first-order chi connectivity index (χ1) is 8.18. The highest BCUT2D eigenvalue weighted by Gasteiger charge is 2.32. The molecule has 2 atom stereocenters. The topological polar surface area (TPSA) is 53.4 Å². The van der Waals surface area contributed by atoms with Gasteiger partial charge in [0, 0.05) is 18.9 Å². The van der Waals surface area contributed by atoms with Crippen LogP contribution >= 0.6 is 0 Å². The summed E-state index contributed by atoms with van der Waals surface area (Å²) >= 11 is 0. The summed E-state index contributed by atoms with van der Waals surface area (Å²) in [6, 6.07) is 3.66. The molecule has 0 saturated carbocycles. The summed E-state index contributed by atoms with van der Waals surface area (Å²) in [5.74, 6) is -0.972. The Morgan fingerprint density at radius 3 is 3.06 bits per heavy atom. The van der Waals surface area contributed by atoms with Crippen molar-refractivity contribution in [3.05, 3.63) is 30.1 Å². The van der Waals surface area contributed by atoms with E-state index in [4.69, 9.17) is 0 Å². The van der Waals surface area contributed by atoms with Crippen LogP contribution in [0, 0.1) is 5.92 Å². The number of rotatable bonds is 3. The third kappa shape index (κ3) is 2.82. The highest BCUT2D eigenvalue weighted by atomic mass is 16.4. The second kappa shape index (κ2) is 5.27. The Labute approximate surface area is 101 Å². The standard InChI is InChI=1S/C13H18N2O2/c1-15-7-3-5-11(9-15)12(13(16)17)10-4-2-6-14-8-10/h2,4,6,8,11-12H,3,5,7,9H2,1H3,(H,16,17). The van der Waals surface area contributed by atoms with Crippen LogP contribution in [0.3, 0.4) is 0 Å². The summed E-state index contributed by atoms with van der Waals surface area (Å²) in [7, 11) is 2.05. The van der Waals surface area contributed by atoms with Gasteiger partial charge in [-0.1, -0.05) is 6.07 Å². The smallest absolute Gasteiger partial charge is 0.311 e. The van der Waals surface area contributed by atoms with Crippen molar-refractivity contribution in [2.24, 2.45) is 5.92 Å². The second-order valence-electron chi connectivity index (χ2n) is 4.77. The van der Waals surface area contributed by atoms with E-state index in [2.05, 4.69) is 9.88 Å². The minimum absolute atomic E-state index is 0.190. The molecule has 1 fully saturated rings. The van der Waals surface area contributed by atoms with Gasteiger partial charge < -0.3 is 10.0 Å². The van der Waals surface area contributed by atoms with Crippen molar-refractivity contribution in [3.63, 3.8) is 0 Å². The maximum absolute atomic E-state index is 11.5. The number of pyridine rings is 1. The van der Waals surface area contributed by atoms with E-state index < -0.39 is 11.9 Å². The number of nitrogens with zero attached hydrogens (tertiary/aromatic N) is 2. The average Bonchev–Trinajstić information content (AvgIpc) is 2.30. The molecule has 0 amide bonds. The molecular formula is C13H18N2O2. The van der Waals surface area contributed by atoms with Crippen LogP contribution in [0.2, 0.25) is 0 Å². The molecule has 1 saturated heterocycles. The molecule has 92 valence electrons. The summed E-state index contributed by atoms with van der Waals surface area (Å²) in [6.07, 6.45) is 5.41. The molecule has 4 nitrogen and oxygen atoms in total. The van der Waals surface area contributed by atoms with Crippen LogP contribution in [-0.2, 0) is 4.79 Å². The van der Waals surface area contributed by atoms with Gasteiger partial charge in [0.1, 0.15) is 0 Å². The van der Waals surface area contributed by atoms with Crippen molar-refractivity contribution in [2.75, 3.05) is 20.1 Å². The molecule has 4 heteroatoms. The molecule has 2 rings (SSSR count). The fraction of sp³-hybridized carbons (Fsp3) is 0.538. The van der Waals surface area contributed by atoms with E-state index >= 15 is 0 Å². The normalized spacial score (nSPS) is 23.2. The second-order valence-corrected chi connectivity index (χ2v) is 4.77. The Morgan fingerprint density at radius 1 is 1.65 bits per heavy atom. The summed E-state index contributed by atoms with van der Waals surface area (Å²) in [5, 5.41) is 9.42. The molecule has 1 N–H and O–H groups in total. The van der Waals surface area contributed by atoms with Gasteiger partial charge in [-0.05, 0) is 44.0 Å². The molecule has 0 aromatic carbocycles. The zero-order valence-corrected chi connectivity index (χ0v) is 10.0. The maximum atomic E-state index is 11.5. The molecule has 0 bridgehead atoms. The minimum atomic E-state index is -0.738. The molecule has 0 aliphatic carbocycles. The first-order valence-electron chi connectivity index (χ1n) is 5.99. The Hall–Kier alpha value is -1.42. The van der Waals surface area contributed by atoms with Gasteiger partial charge in [0.15, 0.2) is 0 Å². The van der Waals surface area contributed by atoms with Crippen LogP contribution < -0.4 is 0 Å². The van der Waals surface area contributed by atoms with Crippen LogP contribution in [-0.4, -0.2) is 41.1 Å². The fourth-order valence-electron chi connectivity index (χ4n) is 2.65. The number of aromatic nitrogens is 1. The number of likely N-dealkylation sites (tertiary alicyclic amines) is 1. The summed E-state index contributed by atoms with van der Waals surface area (Å²) in [5.41, 5.74) is 0.820. The number of piperidine rings is 1. The number of aliphatic carboxylic acids is 1. The third-order valence-corrected chi connectivity index (χ3v) is 3.44. The van der Waals surface area contributed by atoms with Crippen molar-refractivity contribution in [3.8, 4) is 0 Å². The molecule has 1 aliphatic rings. The van der Waals surface area contributed by atoms with Gasteiger partial charge >= 0.3 is 5.97 Å². The lowest BCUT2D eigenvalue weighted by molar-refractivity contribution is -0.140. The van der Waals surface area contributed by atoms with Crippen LogP contribution in [0.4, 0.5) is 0 Å². The molecule has 1 aromatic rings.